The normalized spacial score (nSPS) is 19.8. The van der Waals surface area contributed by atoms with Gasteiger partial charge in [0.05, 0.1) is 0 Å². The van der Waals surface area contributed by atoms with Crippen LogP contribution in [0, 0.1) is 5.41 Å². The van der Waals surface area contributed by atoms with Gasteiger partial charge in [-0.2, -0.15) is 0 Å². The third-order valence-electron chi connectivity index (χ3n) is 7.17. The molecule has 3 aromatic rings. The summed E-state index contributed by atoms with van der Waals surface area (Å²) in [6.07, 6.45) is 6.64. The highest BCUT2D eigenvalue weighted by molar-refractivity contribution is 6.28. The molecule has 0 saturated heterocycles. The molecule has 0 saturated carbocycles. The second-order valence-corrected chi connectivity index (χ2v) is 9.80. The van der Waals surface area contributed by atoms with Gasteiger partial charge in [0.2, 0.25) is 0 Å². The lowest BCUT2D eigenvalue weighted by atomic mass is 9.61. The minimum Gasteiger partial charge on any atom is -0.125 e. The van der Waals surface area contributed by atoms with Crippen LogP contribution < -0.4 is 0 Å². The molecule has 0 nitrogen and oxygen atoms in total. The molecular formula is C28H26Cl2. The van der Waals surface area contributed by atoms with Crippen molar-refractivity contribution in [2.24, 2.45) is 5.41 Å². The standard InChI is InChI=1S/C28H26Cl2/c1-28(17-16-20(30)18-29,26-15-14-19-8-2-3-9-21(19)26)27-24-12-6-4-10-22(24)23-11-5-7-13-25(23)27/h2-15,20,26-27H,16-18H2,1H3. The van der Waals surface area contributed by atoms with Gasteiger partial charge in [-0.05, 0) is 51.6 Å². The second-order valence-electron chi connectivity index (χ2n) is 8.87. The Balaban J connectivity index is 1.67. The molecule has 3 unspecified atom stereocenters. The molecule has 0 aromatic heterocycles. The molecule has 0 aliphatic heterocycles. The van der Waals surface area contributed by atoms with Crippen LogP contribution in [0.1, 0.15) is 53.9 Å². The van der Waals surface area contributed by atoms with E-state index in [4.69, 9.17) is 23.2 Å². The van der Waals surface area contributed by atoms with Gasteiger partial charge in [-0.25, -0.2) is 0 Å². The lowest BCUT2D eigenvalue weighted by Crippen LogP contribution is -2.32. The van der Waals surface area contributed by atoms with E-state index in [2.05, 4.69) is 91.9 Å². The van der Waals surface area contributed by atoms with E-state index in [9.17, 15) is 0 Å². The van der Waals surface area contributed by atoms with E-state index >= 15 is 0 Å². The number of alkyl halides is 2. The Labute approximate surface area is 189 Å². The lowest BCUT2D eigenvalue weighted by Gasteiger charge is -2.42. The van der Waals surface area contributed by atoms with Crippen molar-refractivity contribution >= 4 is 29.3 Å². The largest absolute Gasteiger partial charge is 0.125 e. The van der Waals surface area contributed by atoms with Crippen molar-refractivity contribution < 1.29 is 0 Å². The van der Waals surface area contributed by atoms with Crippen molar-refractivity contribution in [2.75, 3.05) is 5.88 Å². The van der Waals surface area contributed by atoms with E-state index < -0.39 is 0 Å². The fourth-order valence-corrected chi connectivity index (χ4v) is 5.98. The number of fused-ring (bicyclic) bond motifs is 4. The summed E-state index contributed by atoms with van der Waals surface area (Å²) < 4.78 is 0. The molecule has 0 heterocycles. The van der Waals surface area contributed by atoms with Gasteiger partial charge in [0.1, 0.15) is 0 Å². The van der Waals surface area contributed by atoms with Gasteiger partial charge in [0.25, 0.3) is 0 Å². The van der Waals surface area contributed by atoms with Crippen LogP contribution in [-0.2, 0) is 0 Å². The minimum absolute atomic E-state index is 0.00138. The number of halogens is 2. The summed E-state index contributed by atoms with van der Waals surface area (Å²) in [7, 11) is 0. The van der Waals surface area contributed by atoms with Crippen molar-refractivity contribution in [3.8, 4) is 11.1 Å². The fourth-order valence-electron chi connectivity index (χ4n) is 5.71. The molecule has 2 aliphatic carbocycles. The van der Waals surface area contributed by atoms with Gasteiger partial charge in [-0.3, -0.25) is 0 Å². The summed E-state index contributed by atoms with van der Waals surface area (Å²) in [6.45, 7) is 2.46. The first-order chi connectivity index (χ1) is 14.6. The third-order valence-corrected chi connectivity index (χ3v) is 8.07. The number of rotatable bonds is 6. The molecule has 152 valence electrons. The van der Waals surface area contributed by atoms with E-state index in [1.54, 1.807) is 0 Å². The van der Waals surface area contributed by atoms with E-state index in [-0.39, 0.29) is 10.8 Å². The zero-order valence-electron chi connectivity index (χ0n) is 17.2. The van der Waals surface area contributed by atoms with Crippen LogP contribution in [0.4, 0.5) is 0 Å². The first-order valence-electron chi connectivity index (χ1n) is 10.8. The van der Waals surface area contributed by atoms with Crippen LogP contribution >= 0.6 is 23.2 Å². The van der Waals surface area contributed by atoms with Crippen LogP contribution in [0.25, 0.3) is 17.2 Å². The zero-order chi connectivity index (χ0) is 20.7. The smallest absolute Gasteiger partial charge is 0.0471 e. The highest BCUT2D eigenvalue weighted by atomic mass is 35.5. The molecule has 0 spiro atoms. The SMILES string of the molecule is CC(CCC(Cl)CCl)(C1C=Cc2ccccc21)C1c2ccccc2-c2ccccc21. The topological polar surface area (TPSA) is 0 Å². The lowest BCUT2D eigenvalue weighted by molar-refractivity contribution is 0.224. The molecule has 0 N–H and O–H groups in total. The van der Waals surface area contributed by atoms with Gasteiger partial charge in [0.15, 0.2) is 0 Å². The van der Waals surface area contributed by atoms with Crippen LogP contribution in [0.15, 0.2) is 78.9 Å². The quantitative estimate of drug-likeness (QED) is 0.343. The van der Waals surface area contributed by atoms with Crippen molar-refractivity contribution in [1.29, 1.82) is 0 Å². The van der Waals surface area contributed by atoms with Gasteiger partial charge in [-0.1, -0.05) is 91.9 Å². The first-order valence-corrected chi connectivity index (χ1v) is 11.8. The summed E-state index contributed by atoms with van der Waals surface area (Å²) >= 11 is 12.6. The second kappa shape index (κ2) is 7.91. The van der Waals surface area contributed by atoms with Crippen LogP contribution in [0.3, 0.4) is 0 Å². The molecule has 0 radical (unpaired) electrons. The fraction of sp³-hybridized carbons (Fsp3) is 0.286. The Morgan fingerprint density at radius 1 is 0.833 bits per heavy atom. The molecule has 5 rings (SSSR count). The minimum atomic E-state index is -0.00892. The monoisotopic (exact) mass is 432 g/mol. The Kier molecular flexibility index (Phi) is 5.25. The summed E-state index contributed by atoms with van der Waals surface area (Å²) in [5.74, 6) is 1.16. The van der Waals surface area contributed by atoms with Crippen LogP contribution in [0.2, 0.25) is 0 Å². The number of hydrogen-bond acceptors (Lipinski definition) is 0. The number of hydrogen-bond donors (Lipinski definition) is 0. The zero-order valence-corrected chi connectivity index (χ0v) is 18.7. The molecule has 0 bridgehead atoms. The highest BCUT2D eigenvalue weighted by Crippen LogP contribution is 2.60. The average molecular weight is 433 g/mol. The maximum atomic E-state index is 6.54. The van der Waals surface area contributed by atoms with Crippen molar-refractivity contribution in [2.45, 2.75) is 37.0 Å². The number of benzene rings is 3. The van der Waals surface area contributed by atoms with Gasteiger partial charge >= 0.3 is 0 Å². The van der Waals surface area contributed by atoms with Crippen LogP contribution in [-0.4, -0.2) is 11.3 Å². The Hall–Kier alpha value is -2.02. The van der Waals surface area contributed by atoms with E-state index in [1.807, 2.05) is 0 Å². The molecule has 3 aromatic carbocycles. The Morgan fingerprint density at radius 2 is 1.40 bits per heavy atom. The van der Waals surface area contributed by atoms with Crippen LogP contribution in [0.5, 0.6) is 0 Å². The third kappa shape index (κ3) is 3.13. The van der Waals surface area contributed by atoms with E-state index in [0.29, 0.717) is 17.7 Å². The molecule has 3 atom stereocenters. The molecule has 0 amide bonds. The van der Waals surface area contributed by atoms with E-state index in [0.717, 1.165) is 12.8 Å². The predicted octanol–water partition coefficient (Wildman–Crippen LogP) is 8.24. The summed E-state index contributed by atoms with van der Waals surface area (Å²) in [4.78, 5) is 0. The van der Waals surface area contributed by atoms with E-state index in [1.165, 1.54) is 33.4 Å². The Bertz CT molecular complexity index is 1050. The van der Waals surface area contributed by atoms with Gasteiger partial charge < -0.3 is 0 Å². The Morgan fingerprint density at radius 3 is 2.03 bits per heavy atom. The summed E-state index contributed by atoms with van der Waals surface area (Å²) in [5.41, 5.74) is 8.39. The molecule has 2 aliphatic rings. The molecule has 2 heteroatoms. The van der Waals surface area contributed by atoms with Crippen molar-refractivity contribution in [1.82, 2.24) is 0 Å². The maximum absolute atomic E-state index is 6.54. The summed E-state index contributed by atoms with van der Waals surface area (Å²) in [6, 6.07) is 26.7. The molecular weight excluding hydrogens is 407 g/mol. The van der Waals surface area contributed by atoms with Crippen molar-refractivity contribution in [3.05, 3.63) is 101 Å². The summed E-state index contributed by atoms with van der Waals surface area (Å²) in [5, 5.41) is -0.00138. The highest BCUT2D eigenvalue weighted by Gasteiger charge is 2.47. The van der Waals surface area contributed by atoms with Gasteiger partial charge in [0, 0.05) is 23.1 Å². The van der Waals surface area contributed by atoms with Crippen molar-refractivity contribution in [3.63, 3.8) is 0 Å². The number of allylic oxidation sites excluding steroid dienone is 1. The predicted molar refractivity (Wildman–Crippen MR) is 130 cm³/mol. The molecule has 0 fully saturated rings. The maximum Gasteiger partial charge on any atom is 0.0471 e. The average Bonchev–Trinajstić information content (AvgIpc) is 3.37. The molecule has 30 heavy (non-hydrogen) atoms. The van der Waals surface area contributed by atoms with Gasteiger partial charge in [-0.15, -0.1) is 23.2 Å². The first kappa shape index (κ1) is 19.9.